The van der Waals surface area contributed by atoms with Gasteiger partial charge in [-0.25, -0.2) is 0 Å². The number of hydrogen-bond donors (Lipinski definition) is 0. The Morgan fingerprint density at radius 1 is 1.29 bits per heavy atom. The third-order valence-corrected chi connectivity index (χ3v) is 2.44. The van der Waals surface area contributed by atoms with Crippen molar-refractivity contribution in [2.45, 2.75) is 19.8 Å². The molecular formula is C9H16O4S. The molecule has 0 N–H and O–H groups in total. The SMILES string of the molecule is CCOC(=O)CSCCCC(=O)OC. The lowest BCUT2D eigenvalue weighted by atomic mass is 10.3. The molecule has 0 unspecified atom stereocenters. The highest BCUT2D eigenvalue weighted by molar-refractivity contribution is 7.99. The lowest BCUT2D eigenvalue weighted by Gasteiger charge is -2.01. The average Bonchev–Trinajstić information content (AvgIpc) is 2.17. The molecule has 0 radical (unpaired) electrons. The summed E-state index contributed by atoms with van der Waals surface area (Å²) < 4.78 is 9.22. The number of thioether (sulfide) groups is 1. The first-order chi connectivity index (χ1) is 6.70. The number of methoxy groups -OCH3 is 1. The van der Waals surface area contributed by atoms with Crippen LogP contribution in [-0.4, -0.2) is 37.2 Å². The van der Waals surface area contributed by atoms with Crippen LogP contribution >= 0.6 is 11.8 Å². The van der Waals surface area contributed by atoms with Crippen LogP contribution in [0, 0.1) is 0 Å². The molecule has 0 aromatic rings. The van der Waals surface area contributed by atoms with Gasteiger partial charge in [-0.15, -0.1) is 0 Å². The minimum Gasteiger partial charge on any atom is -0.469 e. The summed E-state index contributed by atoms with van der Waals surface area (Å²) in [4.78, 5) is 21.5. The first-order valence-corrected chi connectivity index (χ1v) is 5.66. The van der Waals surface area contributed by atoms with E-state index >= 15 is 0 Å². The van der Waals surface area contributed by atoms with Gasteiger partial charge in [0.2, 0.25) is 0 Å². The fourth-order valence-electron chi connectivity index (χ4n) is 0.779. The molecule has 0 bridgehead atoms. The van der Waals surface area contributed by atoms with Crippen LogP contribution in [-0.2, 0) is 19.1 Å². The molecule has 0 heterocycles. The van der Waals surface area contributed by atoms with E-state index < -0.39 is 0 Å². The van der Waals surface area contributed by atoms with E-state index in [4.69, 9.17) is 4.74 Å². The summed E-state index contributed by atoms with van der Waals surface area (Å²) in [5.74, 6) is 0.723. The van der Waals surface area contributed by atoms with Crippen molar-refractivity contribution in [2.75, 3.05) is 25.2 Å². The number of carbonyl (C=O) groups excluding carboxylic acids is 2. The maximum Gasteiger partial charge on any atom is 0.315 e. The largest absolute Gasteiger partial charge is 0.469 e. The molecule has 0 saturated heterocycles. The summed E-state index contributed by atoms with van der Waals surface area (Å²) in [5, 5.41) is 0. The molecule has 0 fully saturated rings. The number of ether oxygens (including phenoxy) is 2. The highest BCUT2D eigenvalue weighted by Crippen LogP contribution is 2.05. The van der Waals surface area contributed by atoms with Gasteiger partial charge < -0.3 is 9.47 Å². The van der Waals surface area contributed by atoms with Crippen molar-refractivity contribution in [3.63, 3.8) is 0 Å². The molecule has 0 aliphatic rings. The Morgan fingerprint density at radius 3 is 2.57 bits per heavy atom. The normalized spacial score (nSPS) is 9.57. The summed E-state index contributed by atoms with van der Waals surface area (Å²) in [5.41, 5.74) is 0. The molecule has 0 amide bonds. The highest BCUT2D eigenvalue weighted by Gasteiger charge is 2.03. The Labute approximate surface area is 88.3 Å². The van der Waals surface area contributed by atoms with Crippen molar-refractivity contribution >= 4 is 23.7 Å². The van der Waals surface area contributed by atoms with E-state index in [2.05, 4.69) is 4.74 Å². The molecule has 0 aliphatic carbocycles. The quantitative estimate of drug-likeness (QED) is 0.477. The molecule has 0 atom stereocenters. The predicted octanol–water partition coefficient (Wildman–Crippen LogP) is 1.24. The first kappa shape index (κ1) is 13.3. The van der Waals surface area contributed by atoms with Gasteiger partial charge in [-0.3, -0.25) is 9.59 Å². The van der Waals surface area contributed by atoms with Crippen LogP contribution in [0.5, 0.6) is 0 Å². The molecule has 0 aromatic heterocycles. The maximum atomic E-state index is 10.9. The summed E-state index contributed by atoms with van der Waals surface area (Å²) >= 11 is 1.47. The van der Waals surface area contributed by atoms with Crippen molar-refractivity contribution < 1.29 is 19.1 Å². The Kier molecular flexibility index (Phi) is 8.42. The van der Waals surface area contributed by atoms with Crippen molar-refractivity contribution in [1.29, 1.82) is 0 Å². The van der Waals surface area contributed by atoms with Gasteiger partial charge in [0.15, 0.2) is 0 Å². The van der Waals surface area contributed by atoms with Crippen LogP contribution in [0.4, 0.5) is 0 Å². The van der Waals surface area contributed by atoms with E-state index in [-0.39, 0.29) is 11.9 Å². The van der Waals surface area contributed by atoms with Gasteiger partial charge >= 0.3 is 11.9 Å². The Balaban J connectivity index is 3.21. The van der Waals surface area contributed by atoms with Crippen molar-refractivity contribution in [2.24, 2.45) is 0 Å². The maximum absolute atomic E-state index is 10.9. The summed E-state index contributed by atoms with van der Waals surface area (Å²) in [6.45, 7) is 2.20. The predicted molar refractivity (Wildman–Crippen MR) is 55.2 cm³/mol. The summed E-state index contributed by atoms with van der Waals surface area (Å²) in [6.07, 6.45) is 1.14. The van der Waals surface area contributed by atoms with Crippen molar-refractivity contribution in [3.05, 3.63) is 0 Å². The topological polar surface area (TPSA) is 52.6 Å². The number of esters is 2. The third-order valence-electron chi connectivity index (χ3n) is 1.42. The minimum atomic E-state index is -0.207. The molecule has 14 heavy (non-hydrogen) atoms. The van der Waals surface area contributed by atoms with Crippen LogP contribution < -0.4 is 0 Å². The highest BCUT2D eigenvalue weighted by atomic mass is 32.2. The molecular weight excluding hydrogens is 204 g/mol. The lowest BCUT2D eigenvalue weighted by molar-refractivity contribution is -0.141. The van der Waals surface area contributed by atoms with E-state index in [1.807, 2.05) is 0 Å². The van der Waals surface area contributed by atoms with Crippen molar-refractivity contribution in [3.8, 4) is 0 Å². The second-order valence-corrected chi connectivity index (χ2v) is 3.64. The second-order valence-electron chi connectivity index (χ2n) is 2.54. The van der Waals surface area contributed by atoms with Gasteiger partial charge in [-0.2, -0.15) is 11.8 Å². The average molecular weight is 220 g/mol. The van der Waals surface area contributed by atoms with Gasteiger partial charge in [-0.1, -0.05) is 0 Å². The van der Waals surface area contributed by atoms with Crippen LogP contribution in [0.2, 0.25) is 0 Å². The minimum absolute atomic E-state index is 0.199. The van der Waals surface area contributed by atoms with E-state index in [9.17, 15) is 9.59 Å². The standard InChI is InChI=1S/C9H16O4S/c1-3-13-9(11)7-14-6-4-5-8(10)12-2/h3-7H2,1-2H3. The Morgan fingerprint density at radius 2 is 2.00 bits per heavy atom. The fraction of sp³-hybridized carbons (Fsp3) is 0.778. The number of rotatable bonds is 7. The molecule has 0 aliphatic heterocycles. The van der Waals surface area contributed by atoms with Gasteiger partial charge in [-0.05, 0) is 19.1 Å². The molecule has 4 nitrogen and oxygen atoms in total. The number of hydrogen-bond acceptors (Lipinski definition) is 5. The van der Waals surface area contributed by atoms with E-state index in [0.717, 1.165) is 12.2 Å². The molecule has 82 valence electrons. The van der Waals surface area contributed by atoms with E-state index in [1.54, 1.807) is 6.92 Å². The lowest BCUT2D eigenvalue weighted by Crippen LogP contribution is -2.07. The fourth-order valence-corrected chi connectivity index (χ4v) is 1.52. The number of carbonyl (C=O) groups is 2. The Hall–Kier alpha value is -0.710. The summed E-state index contributed by atoms with van der Waals surface area (Å²) in [7, 11) is 1.37. The van der Waals surface area contributed by atoms with Crippen LogP contribution in [0.1, 0.15) is 19.8 Å². The molecule has 0 saturated carbocycles. The zero-order valence-electron chi connectivity index (χ0n) is 8.58. The molecule has 0 rings (SSSR count). The monoisotopic (exact) mass is 220 g/mol. The molecule has 5 heteroatoms. The van der Waals surface area contributed by atoms with Gasteiger partial charge in [0, 0.05) is 6.42 Å². The third kappa shape index (κ3) is 7.91. The smallest absolute Gasteiger partial charge is 0.315 e. The second kappa shape index (κ2) is 8.87. The van der Waals surface area contributed by atoms with Gasteiger partial charge in [0.05, 0.1) is 19.5 Å². The van der Waals surface area contributed by atoms with Gasteiger partial charge in [0.25, 0.3) is 0 Å². The Bertz CT molecular complexity index is 182. The van der Waals surface area contributed by atoms with Crippen LogP contribution in [0.15, 0.2) is 0 Å². The zero-order chi connectivity index (χ0) is 10.8. The van der Waals surface area contributed by atoms with Crippen molar-refractivity contribution in [1.82, 2.24) is 0 Å². The van der Waals surface area contributed by atoms with Crippen LogP contribution in [0.3, 0.4) is 0 Å². The van der Waals surface area contributed by atoms with E-state index in [1.165, 1.54) is 18.9 Å². The molecule has 0 spiro atoms. The van der Waals surface area contributed by atoms with Gasteiger partial charge in [0.1, 0.15) is 0 Å². The molecule has 0 aromatic carbocycles. The first-order valence-electron chi connectivity index (χ1n) is 4.50. The van der Waals surface area contributed by atoms with E-state index in [0.29, 0.717) is 18.8 Å². The van der Waals surface area contributed by atoms with Crippen LogP contribution in [0.25, 0.3) is 0 Å². The zero-order valence-corrected chi connectivity index (χ0v) is 9.39. The summed E-state index contributed by atoms with van der Waals surface area (Å²) in [6, 6.07) is 0.